The molecule has 0 radical (unpaired) electrons. The normalized spacial score (nSPS) is 25.7. The minimum atomic E-state index is -1.21. The van der Waals surface area contributed by atoms with Crippen molar-refractivity contribution in [2.45, 2.75) is 71.2 Å². The molecule has 12 heteroatoms. The molecule has 0 aromatic heterocycles. The molecule has 1 aliphatic heterocycles. The average Bonchev–Trinajstić information content (AvgIpc) is 2.60. The van der Waals surface area contributed by atoms with Crippen LogP contribution in [-0.2, 0) is 47.7 Å². The molecule has 0 bridgehead atoms. The van der Waals surface area contributed by atoms with Crippen LogP contribution in [0.5, 0.6) is 0 Å². The Balaban J connectivity index is 3.17. The van der Waals surface area contributed by atoms with Gasteiger partial charge in [0.25, 0.3) is 0 Å². The van der Waals surface area contributed by atoms with Crippen molar-refractivity contribution in [2.75, 3.05) is 13.2 Å². The summed E-state index contributed by atoms with van der Waals surface area (Å²) >= 11 is 0. The van der Waals surface area contributed by atoms with Crippen molar-refractivity contribution in [2.24, 2.45) is 0 Å². The van der Waals surface area contributed by atoms with Gasteiger partial charge in [0, 0.05) is 34.1 Å². The number of esters is 3. The molecule has 0 unspecified atom stereocenters. The van der Waals surface area contributed by atoms with E-state index < -0.39 is 60.4 Å². The van der Waals surface area contributed by atoms with Crippen LogP contribution in [0.2, 0.25) is 0 Å². The Kier molecular flexibility index (Phi) is 10.2. The molecule has 0 aromatic rings. The number of hydrogen-bond donors (Lipinski definition) is 2. The number of aliphatic carboxylic acids is 1. The number of hydrogen-bond acceptors (Lipinski definition) is 10. The Labute approximate surface area is 173 Å². The molecule has 0 saturated carbocycles. The number of carbonyl (C=O) groups excluding carboxylic acids is 4. The van der Waals surface area contributed by atoms with Crippen LogP contribution >= 0.6 is 0 Å². The van der Waals surface area contributed by atoms with Gasteiger partial charge in [-0.25, -0.2) is 0 Å². The van der Waals surface area contributed by atoms with Crippen LogP contribution in [0.15, 0.2) is 0 Å². The molecule has 1 aliphatic rings. The second kappa shape index (κ2) is 12.1. The highest BCUT2D eigenvalue weighted by molar-refractivity contribution is 5.73. The van der Waals surface area contributed by atoms with Gasteiger partial charge < -0.3 is 34.1 Å². The SMILES string of the molecule is CC(=O)N[C@H]1[C@H](OCCCC(=O)O)O[C@H](COC(C)=O)[C@@H](OC(C)=O)[C@@H]1OC(C)=O. The monoisotopic (exact) mass is 433 g/mol. The zero-order chi connectivity index (χ0) is 22.8. The fraction of sp³-hybridized carbons (Fsp3) is 0.722. The van der Waals surface area contributed by atoms with Gasteiger partial charge in [0.15, 0.2) is 18.5 Å². The molecule has 30 heavy (non-hydrogen) atoms. The molecule has 0 spiro atoms. The molecule has 0 aromatic carbocycles. The molecule has 1 fully saturated rings. The third kappa shape index (κ3) is 8.74. The molecule has 5 atom stereocenters. The van der Waals surface area contributed by atoms with E-state index in [4.69, 9.17) is 28.8 Å². The Morgan fingerprint density at radius 2 is 1.53 bits per heavy atom. The van der Waals surface area contributed by atoms with Gasteiger partial charge in [-0.3, -0.25) is 24.0 Å². The minimum absolute atomic E-state index is 0.0433. The summed E-state index contributed by atoms with van der Waals surface area (Å²) in [5, 5.41) is 11.3. The first-order chi connectivity index (χ1) is 14.0. The van der Waals surface area contributed by atoms with Gasteiger partial charge in [-0.05, 0) is 6.42 Å². The third-order valence-corrected chi connectivity index (χ3v) is 3.89. The summed E-state index contributed by atoms with van der Waals surface area (Å²) < 4.78 is 26.8. The number of nitrogens with one attached hydrogen (secondary N) is 1. The van der Waals surface area contributed by atoms with E-state index in [1.165, 1.54) is 13.8 Å². The van der Waals surface area contributed by atoms with Gasteiger partial charge in [-0.2, -0.15) is 0 Å². The van der Waals surface area contributed by atoms with E-state index in [2.05, 4.69) is 5.32 Å². The van der Waals surface area contributed by atoms with Gasteiger partial charge in [-0.1, -0.05) is 0 Å². The van der Waals surface area contributed by atoms with Crippen LogP contribution in [0.25, 0.3) is 0 Å². The maximum atomic E-state index is 11.7. The molecular formula is C18H27NO11. The molecule has 1 saturated heterocycles. The summed E-state index contributed by atoms with van der Waals surface area (Å²) in [5.41, 5.74) is 0. The van der Waals surface area contributed by atoms with Gasteiger partial charge in [0.2, 0.25) is 5.91 Å². The lowest BCUT2D eigenvalue weighted by Crippen LogP contribution is -2.66. The minimum Gasteiger partial charge on any atom is -0.481 e. The summed E-state index contributed by atoms with van der Waals surface area (Å²) in [7, 11) is 0. The van der Waals surface area contributed by atoms with E-state index in [1.807, 2.05) is 0 Å². The molecule has 170 valence electrons. The summed E-state index contributed by atoms with van der Waals surface area (Å²) in [6.45, 7) is 4.28. The molecule has 0 aliphatic carbocycles. The van der Waals surface area contributed by atoms with Gasteiger partial charge >= 0.3 is 23.9 Å². The maximum Gasteiger partial charge on any atom is 0.303 e. The van der Waals surface area contributed by atoms with Gasteiger partial charge in [-0.15, -0.1) is 0 Å². The lowest BCUT2D eigenvalue weighted by atomic mass is 9.96. The number of carbonyl (C=O) groups is 5. The summed E-state index contributed by atoms with van der Waals surface area (Å²) in [4.78, 5) is 56.9. The molecule has 1 rings (SSSR count). The predicted molar refractivity (Wildman–Crippen MR) is 96.8 cm³/mol. The topological polar surface area (TPSA) is 164 Å². The highest BCUT2D eigenvalue weighted by atomic mass is 16.7. The van der Waals surface area contributed by atoms with Crippen LogP contribution in [0, 0.1) is 0 Å². The van der Waals surface area contributed by atoms with E-state index in [9.17, 15) is 24.0 Å². The number of ether oxygens (including phenoxy) is 5. The fourth-order valence-electron chi connectivity index (χ4n) is 2.86. The summed E-state index contributed by atoms with van der Waals surface area (Å²) in [6.07, 6.45) is -4.69. The van der Waals surface area contributed by atoms with Crippen LogP contribution in [0.4, 0.5) is 0 Å². The first kappa shape index (κ1) is 25.3. The van der Waals surface area contributed by atoms with Crippen LogP contribution < -0.4 is 5.32 Å². The highest BCUT2D eigenvalue weighted by Crippen LogP contribution is 2.28. The molecule has 2 N–H and O–H groups in total. The van der Waals surface area contributed by atoms with E-state index >= 15 is 0 Å². The zero-order valence-corrected chi connectivity index (χ0v) is 17.2. The van der Waals surface area contributed by atoms with Crippen molar-refractivity contribution in [1.82, 2.24) is 5.32 Å². The Morgan fingerprint density at radius 1 is 0.933 bits per heavy atom. The van der Waals surface area contributed by atoms with Crippen LogP contribution in [0.1, 0.15) is 40.5 Å². The second-order valence-corrected chi connectivity index (χ2v) is 6.59. The van der Waals surface area contributed by atoms with Crippen molar-refractivity contribution in [3.05, 3.63) is 0 Å². The lowest BCUT2D eigenvalue weighted by Gasteiger charge is -2.44. The van der Waals surface area contributed by atoms with Crippen molar-refractivity contribution in [1.29, 1.82) is 0 Å². The van der Waals surface area contributed by atoms with Gasteiger partial charge in [0.1, 0.15) is 18.8 Å². The Hall–Kier alpha value is -2.73. The number of rotatable bonds is 10. The average molecular weight is 433 g/mol. The van der Waals surface area contributed by atoms with E-state index in [-0.39, 0.29) is 26.1 Å². The third-order valence-electron chi connectivity index (χ3n) is 3.89. The molecule has 12 nitrogen and oxygen atoms in total. The number of amides is 1. The Morgan fingerprint density at radius 3 is 2.03 bits per heavy atom. The molecule has 1 heterocycles. The summed E-state index contributed by atoms with van der Waals surface area (Å²) in [5.74, 6) is -3.56. The number of carboxylic acids is 1. The smallest absolute Gasteiger partial charge is 0.303 e. The lowest BCUT2D eigenvalue weighted by molar-refractivity contribution is -0.277. The van der Waals surface area contributed by atoms with Crippen LogP contribution in [-0.4, -0.2) is 78.7 Å². The standard InChI is InChI=1S/C18H27NO11/c1-9(20)19-15-17(29-12(4)23)16(28-11(3)22)13(8-27-10(2)21)30-18(15)26-7-5-6-14(24)25/h13,15-18H,5-8H2,1-4H3,(H,19,20)(H,24,25)/t13-,15-,16-,17-,18-/m1/s1. The largest absolute Gasteiger partial charge is 0.481 e. The molecular weight excluding hydrogens is 406 g/mol. The van der Waals surface area contributed by atoms with Crippen molar-refractivity contribution < 1.29 is 52.8 Å². The van der Waals surface area contributed by atoms with Crippen molar-refractivity contribution >= 4 is 29.8 Å². The number of carboxylic acid groups (broad SMARTS) is 1. The second-order valence-electron chi connectivity index (χ2n) is 6.59. The van der Waals surface area contributed by atoms with E-state index in [0.717, 1.165) is 13.8 Å². The quantitative estimate of drug-likeness (QED) is 0.260. The first-order valence-electron chi connectivity index (χ1n) is 9.25. The maximum absolute atomic E-state index is 11.7. The Bertz CT molecular complexity index is 650. The molecule has 1 amide bonds. The predicted octanol–water partition coefficient (Wildman–Crippen LogP) is -0.476. The summed E-state index contributed by atoms with van der Waals surface area (Å²) in [6, 6.07) is -1.07. The van der Waals surface area contributed by atoms with E-state index in [1.54, 1.807) is 0 Å². The fourth-order valence-corrected chi connectivity index (χ4v) is 2.86. The first-order valence-corrected chi connectivity index (χ1v) is 9.25. The highest BCUT2D eigenvalue weighted by Gasteiger charge is 2.51. The van der Waals surface area contributed by atoms with Crippen molar-refractivity contribution in [3.63, 3.8) is 0 Å². The van der Waals surface area contributed by atoms with Crippen molar-refractivity contribution in [3.8, 4) is 0 Å². The van der Waals surface area contributed by atoms with Gasteiger partial charge in [0.05, 0.1) is 6.61 Å². The zero-order valence-electron chi connectivity index (χ0n) is 17.2. The van der Waals surface area contributed by atoms with E-state index in [0.29, 0.717) is 0 Å². The van der Waals surface area contributed by atoms with Crippen LogP contribution in [0.3, 0.4) is 0 Å².